The SMILES string of the molecule is CC.CC.CC1CCN(c2cccc(N)c2)CC1. The van der Waals surface area contributed by atoms with Crippen molar-refractivity contribution in [2.24, 2.45) is 5.92 Å². The number of piperidine rings is 1. The minimum atomic E-state index is 0.862. The zero-order chi connectivity index (χ0) is 14.0. The molecule has 104 valence electrons. The van der Waals surface area contributed by atoms with E-state index in [9.17, 15) is 0 Å². The van der Waals surface area contributed by atoms with Gasteiger partial charge >= 0.3 is 0 Å². The van der Waals surface area contributed by atoms with Gasteiger partial charge in [0.05, 0.1) is 0 Å². The van der Waals surface area contributed by atoms with Crippen LogP contribution in [0, 0.1) is 5.92 Å². The predicted octanol–water partition coefficient (Wildman–Crippen LogP) is 4.56. The molecule has 0 spiro atoms. The molecule has 1 saturated heterocycles. The number of nitrogens with zero attached hydrogens (tertiary/aromatic N) is 1. The minimum absolute atomic E-state index is 0.862. The predicted molar refractivity (Wildman–Crippen MR) is 84.2 cm³/mol. The largest absolute Gasteiger partial charge is 0.399 e. The fourth-order valence-corrected chi connectivity index (χ4v) is 1.99. The summed E-state index contributed by atoms with van der Waals surface area (Å²) in [5.74, 6) is 0.882. The van der Waals surface area contributed by atoms with E-state index in [-0.39, 0.29) is 0 Å². The molecule has 0 bridgehead atoms. The van der Waals surface area contributed by atoms with Crippen LogP contribution in [0.3, 0.4) is 0 Å². The van der Waals surface area contributed by atoms with Crippen LogP contribution < -0.4 is 10.6 Å². The van der Waals surface area contributed by atoms with E-state index >= 15 is 0 Å². The normalized spacial score (nSPS) is 15.1. The molecule has 18 heavy (non-hydrogen) atoms. The van der Waals surface area contributed by atoms with Gasteiger partial charge in [0.15, 0.2) is 0 Å². The second-order valence-corrected chi connectivity index (χ2v) is 4.26. The fourth-order valence-electron chi connectivity index (χ4n) is 1.99. The lowest BCUT2D eigenvalue weighted by molar-refractivity contribution is 0.438. The monoisotopic (exact) mass is 250 g/mol. The van der Waals surface area contributed by atoms with Crippen molar-refractivity contribution in [1.29, 1.82) is 0 Å². The van der Waals surface area contributed by atoms with Crippen molar-refractivity contribution in [3.05, 3.63) is 24.3 Å². The van der Waals surface area contributed by atoms with Crippen molar-refractivity contribution >= 4 is 11.4 Å². The lowest BCUT2D eigenvalue weighted by atomic mass is 9.99. The van der Waals surface area contributed by atoms with E-state index in [1.165, 1.54) is 31.6 Å². The molecule has 1 heterocycles. The Morgan fingerprint density at radius 2 is 1.61 bits per heavy atom. The summed E-state index contributed by atoms with van der Waals surface area (Å²) in [7, 11) is 0. The number of nitrogens with two attached hydrogens (primary N) is 1. The van der Waals surface area contributed by atoms with Gasteiger partial charge in [0.25, 0.3) is 0 Å². The van der Waals surface area contributed by atoms with Crippen LogP contribution in [0.5, 0.6) is 0 Å². The summed E-state index contributed by atoms with van der Waals surface area (Å²) in [6.45, 7) is 12.7. The summed E-state index contributed by atoms with van der Waals surface area (Å²) < 4.78 is 0. The first-order valence-electron chi connectivity index (χ1n) is 7.36. The van der Waals surface area contributed by atoms with Crippen LogP contribution in [0.1, 0.15) is 47.5 Å². The molecule has 0 aliphatic carbocycles. The second kappa shape index (κ2) is 9.81. The van der Waals surface area contributed by atoms with E-state index < -0.39 is 0 Å². The van der Waals surface area contributed by atoms with Crippen molar-refractivity contribution in [3.8, 4) is 0 Å². The standard InChI is InChI=1S/C12H18N2.2C2H6/c1-10-5-7-14(8-6-10)12-4-2-3-11(13)9-12;2*1-2/h2-4,9-10H,5-8,13H2,1H3;2*1-2H3. The minimum Gasteiger partial charge on any atom is -0.399 e. The van der Waals surface area contributed by atoms with Gasteiger partial charge in [-0.2, -0.15) is 0 Å². The number of hydrogen-bond donors (Lipinski definition) is 1. The van der Waals surface area contributed by atoms with Gasteiger partial charge in [-0.3, -0.25) is 0 Å². The number of anilines is 2. The van der Waals surface area contributed by atoms with Crippen LogP contribution in [0.15, 0.2) is 24.3 Å². The number of hydrogen-bond acceptors (Lipinski definition) is 2. The molecule has 0 atom stereocenters. The molecule has 2 nitrogen and oxygen atoms in total. The molecule has 2 heteroatoms. The van der Waals surface area contributed by atoms with Gasteiger partial charge in [0.1, 0.15) is 0 Å². The molecular formula is C16H30N2. The molecule has 1 aromatic rings. The van der Waals surface area contributed by atoms with Crippen molar-refractivity contribution in [1.82, 2.24) is 0 Å². The summed E-state index contributed by atoms with van der Waals surface area (Å²) >= 11 is 0. The fraction of sp³-hybridized carbons (Fsp3) is 0.625. The van der Waals surface area contributed by atoms with Gasteiger partial charge < -0.3 is 10.6 Å². The summed E-state index contributed by atoms with van der Waals surface area (Å²) in [5, 5.41) is 0. The lowest BCUT2D eigenvalue weighted by Gasteiger charge is -2.32. The zero-order valence-electron chi connectivity index (χ0n) is 12.7. The highest BCUT2D eigenvalue weighted by atomic mass is 15.1. The van der Waals surface area contributed by atoms with E-state index in [1.54, 1.807) is 0 Å². The number of benzene rings is 1. The average Bonchev–Trinajstić information content (AvgIpc) is 2.44. The Hall–Kier alpha value is -1.18. The highest BCUT2D eigenvalue weighted by Gasteiger charge is 2.15. The van der Waals surface area contributed by atoms with Gasteiger partial charge in [-0.15, -0.1) is 0 Å². The molecule has 0 aromatic heterocycles. The molecular weight excluding hydrogens is 220 g/mol. The highest BCUT2D eigenvalue weighted by Crippen LogP contribution is 2.23. The van der Waals surface area contributed by atoms with E-state index in [1.807, 2.05) is 39.8 Å². The highest BCUT2D eigenvalue weighted by molar-refractivity contribution is 5.56. The Bertz CT molecular complexity index is 302. The Kier molecular flexibility index (Phi) is 9.17. The first-order chi connectivity index (χ1) is 8.75. The molecule has 0 amide bonds. The van der Waals surface area contributed by atoms with Crippen LogP contribution in [0.25, 0.3) is 0 Å². The first kappa shape index (κ1) is 16.8. The molecule has 2 rings (SSSR count). The van der Waals surface area contributed by atoms with Crippen LogP contribution in [0.4, 0.5) is 11.4 Å². The Morgan fingerprint density at radius 3 is 2.11 bits per heavy atom. The first-order valence-corrected chi connectivity index (χ1v) is 7.36. The maximum absolute atomic E-state index is 5.77. The molecule has 0 saturated carbocycles. The van der Waals surface area contributed by atoms with Crippen molar-refractivity contribution in [3.63, 3.8) is 0 Å². The van der Waals surface area contributed by atoms with Gasteiger partial charge in [-0.05, 0) is 37.0 Å². The Morgan fingerprint density at radius 1 is 1.06 bits per heavy atom. The molecule has 1 aromatic carbocycles. The van der Waals surface area contributed by atoms with Crippen LogP contribution in [-0.4, -0.2) is 13.1 Å². The summed E-state index contributed by atoms with van der Waals surface area (Å²) in [5.41, 5.74) is 7.90. The maximum atomic E-state index is 5.77. The zero-order valence-corrected chi connectivity index (χ0v) is 12.7. The molecule has 0 unspecified atom stereocenters. The molecule has 1 fully saturated rings. The van der Waals surface area contributed by atoms with E-state index in [0.29, 0.717) is 0 Å². The Balaban J connectivity index is 0.000000659. The molecule has 1 aliphatic rings. The van der Waals surface area contributed by atoms with Gasteiger partial charge in [-0.25, -0.2) is 0 Å². The average molecular weight is 250 g/mol. The van der Waals surface area contributed by atoms with E-state index in [0.717, 1.165) is 11.6 Å². The van der Waals surface area contributed by atoms with E-state index in [2.05, 4.69) is 24.0 Å². The van der Waals surface area contributed by atoms with E-state index in [4.69, 9.17) is 5.73 Å². The van der Waals surface area contributed by atoms with Gasteiger partial charge in [0, 0.05) is 24.5 Å². The van der Waals surface area contributed by atoms with Crippen LogP contribution >= 0.6 is 0 Å². The second-order valence-electron chi connectivity index (χ2n) is 4.26. The molecule has 0 radical (unpaired) electrons. The molecule has 1 aliphatic heterocycles. The quantitative estimate of drug-likeness (QED) is 0.740. The molecule has 2 N–H and O–H groups in total. The number of rotatable bonds is 1. The topological polar surface area (TPSA) is 29.3 Å². The van der Waals surface area contributed by atoms with Crippen molar-refractivity contribution in [2.75, 3.05) is 23.7 Å². The van der Waals surface area contributed by atoms with Crippen molar-refractivity contribution < 1.29 is 0 Å². The summed E-state index contributed by atoms with van der Waals surface area (Å²) in [4.78, 5) is 2.43. The third kappa shape index (κ3) is 5.44. The summed E-state index contributed by atoms with van der Waals surface area (Å²) in [6, 6.07) is 8.18. The van der Waals surface area contributed by atoms with Crippen molar-refractivity contribution in [2.45, 2.75) is 47.5 Å². The third-order valence-electron chi connectivity index (χ3n) is 3.02. The van der Waals surface area contributed by atoms with Gasteiger partial charge in [0.2, 0.25) is 0 Å². The maximum Gasteiger partial charge on any atom is 0.0386 e. The Labute approximate surface area is 113 Å². The van der Waals surface area contributed by atoms with Crippen LogP contribution in [-0.2, 0) is 0 Å². The van der Waals surface area contributed by atoms with Crippen LogP contribution in [0.2, 0.25) is 0 Å². The van der Waals surface area contributed by atoms with Gasteiger partial charge in [-0.1, -0.05) is 40.7 Å². The summed E-state index contributed by atoms with van der Waals surface area (Å²) in [6.07, 6.45) is 2.60. The third-order valence-corrected chi connectivity index (χ3v) is 3.02. The lowest BCUT2D eigenvalue weighted by Crippen LogP contribution is -2.32. The number of nitrogen functional groups attached to an aromatic ring is 1. The smallest absolute Gasteiger partial charge is 0.0386 e.